The Morgan fingerprint density at radius 1 is 0.968 bits per heavy atom. The van der Waals surface area contributed by atoms with Crippen molar-refractivity contribution >= 4 is 58.2 Å². The molecule has 0 bridgehead atoms. The predicted molar refractivity (Wildman–Crippen MR) is 128 cm³/mol. The largest absolute Gasteiger partial charge is 0.495 e. The van der Waals surface area contributed by atoms with Crippen molar-refractivity contribution in [3.05, 3.63) is 82.3 Å². The van der Waals surface area contributed by atoms with Gasteiger partial charge in [0.25, 0.3) is 5.91 Å². The Bertz CT molecular complexity index is 1090. The molecular formula is C23H20Cl2N2O3S. The van der Waals surface area contributed by atoms with E-state index in [4.69, 9.17) is 27.9 Å². The summed E-state index contributed by atoms with van der Waals surface area (Å²) in [5.41, 5.74) is 1.58. The van der Waals surface area contributed by atoms with Gasteiger partial charge in [0.15, 0.2) is 0 Å². The van der Waals surface area contributed by atoms with Crippen LogP contribution in [0.25, 0.3) is 0 Å². The maximum Gasteiger partial charge on any atom is 0.257 e. The lowest BCUT2D eigenvalue weighted by atomic mass is 10.2. The number of halogens is 2. The molecule has 5 nitrogen and oxygen atoms in total. The number of para-hydroxylation sites is 2. The molecule has 2 amide bonds. The average molecular weight is 475 g/mol. The number of ether oxygens (including phenoxy) is 1. The monoisotopic (exact) mass is 474 g/mol. The number of anilines is 2. The van der Waals surface area contributed by atoms with Crippen molar-refractivity contribution in [1.82, 2.24) is 0 Å². The number of thioether (sulfide) groups is 1. The van der Waals surface area contributed by atoms with E-state index in [9.17, 15) is 9.59 Å². The van der Waals surface area contributed by atoms with E-state index in [0.29, 0.717) is 27.7 Å². The zero-order valence-electron chi connectivity index (χ0n) is 16.8. The molecular weight excluding hydrogens is 455 g/mol. The van der Waals surface area contributed by atoms with Gasteiger partial charge in [0.1, 0.15) is 5.75 Å². The summed E-state index contributed by atoms with van der Waals surface area (Å²) in [6.07, 6.45) is 0. The minimum absolute atomic E-state index is 0.135. The Balaban J connectivity index is 1.59. The third-order valence-corrected chi connectivity index (χ3v) is 5.99. The molecule has 0 spiro atoms. The first-order valence-corrected chi connectivity index (χ1v) is 11.0. The number of hydrogen-bond donors (Lipinski definition) is 2. The van der Waals surface area contributed by atoms with Crippen LogP contribution in [-0.4, -0.2) is 24.2 Å². The highest BCUT2D eigenvalue weighted by atomic mass is 35.5. The van der Waals surface area contributed by atoms with Crippen LogP contribution in [0.3, 0.4) is 0 Å². The second-order valence-electron chi connectivity index (χ2n) is 6.55. The summed E-state index contributed by atoms with van der Waals surface area (Å²) < 4.78 is 5.26. The molecule has 0 saturated heterocycles. The second kappa shape index (κ2) is 10.6. The van der Waals surface area contributed by atoms with Gasteiger partial charge in [-0.05, 0) is 61.5 Å². The van der Waals surface area contributed by atoms with Crippen molar-refractivity contribution < 1.29 is 14.3 Å². The summed E-state index contributed by atoms with van der Waals surface area (Å²) >= 11 is 13.4. The molecule has 0 aromatic heterocycles. The van der Waals surface area contributed by atoms with Crippen LogP contribution in [-0.2, 0) is 4.79 Å². The molecule has 3 aromatic rings. The number of benzene rings is 3. The summed E-state index contributed by atoms with van der Waals surface area (Å²) in [5.74, 6) is 0.143. The number of amides is 2. The van der Waals surface area contributed by atoms with Gasteiger partial charge >= 0.3 is 0 Å². The van der Waals surface area contributed by atoms with E-state index in [1.807, 2.05) is 31.2 Å². The number of nitrogens with one attached hydrogen (secondary N) is 2. The Labute approximate surface area is 195 Å². The van der Waals surface area contributed by atoms with Crippen LogP contribution in [0.1, 0.15) is 17.3 Å². The Hall–Kier alpha value is -2.67. The summed E-state index contributed by atoms with van der Waals surface area (Å²) in [4.78, 5) is 25.9. The van der Waals surface area contributed by atoms with Crippen LogP contribution >= 0.6 is 35.0 Å². The summed E-state index contributed by atoms with van der Waals surface area (Å²) in [6, 6.07) is 19.2. The standard InChI is InChI=1S/C23H20Cl2N2O3S/c1-14(22(28)27-20-5-3-4-6-21(20)30-2)31-17-10-8-16(9-11-17)26-23(29)18-12-7-15(24)13-19(18)25/h3-14H,1-2H3,(H,26,29)(H,27,28). The fourth-order valence-corrected chi connectivity index (χ4v) is 4.09. The van der Waals surface area contributed by atoms with Gasteiger partial charge in [-0.1, -0.05) is 35.3 Å². The average Bonchev–Trinajstić information content (AvgIpc) is 2.75. The van der Waals surface area contributed by atoms with Crippen LogP contribution in [0.2, 0.25) is 10.0 Å². The highest BCUT2D eigenvalue weighted by Gasteiger charge is 2.16. The minimum atomic E-state index is -0.335. The van der Waals surface area contributed by atoms with E-state index >= 15 is 0 Å². The number of methoxy groups -OCH3 is 1. The van der Waals surface area contributed by atoms with Crippen LogP contribution in [0.4, 0.5) is 11.4 Å². The molecule has 1 atom stereocenters. The summed E-state index contributed by atoms with van der Waals surface area (Å²) in [5, 5.41) is 6.09. The van der Waals surface area contributed by atoms with Gasteiger partial charge in [0, 0.05) is 15.6 Å². The Kier molecular flexibility index (Phi) is 7.85. The molecule has 3 aromatic carbocycles. The summed E-state index contributed by atoms with van der Waals surface area (Å²) in [6.45, 7) is 1.83. The first kappa shape index (κ1) is 23.0. The number of carbonyl (C=O) groups excluding carboxylic acids is 2. The Morgan fingerprint density at radius 2 is 1.68 bits per heavy atom. The molecule has 0 aliphatic rings. The maximum atomic E-state index is 12.5. The van der Waals surface area contributed by atoms with Crippen molar-refractivity contribution in [2.75, 3.05) is 17.7 Å². The number of hydrogen-bond acceptors (Lipinski definition) is 4. The zero-order chi connectivity index (χ0) is 22.4. The first-order chi connectivity index (χ1) is 14.9. The lowest BCUT2D eigenvalue weighted by Gasteiger charge is -2.14. The fourth-order valence-electron chi connectivity index (χ4n) is 2.73. The van der Waals surface area contributed by atoms with Crippen LogP contribution in [0, 0.1) is 0 Å². The smallest absolute Gasteiger partial charge is 0.257 e. The van der Waals surface area contributed by atoms with Crippen LogP contribution in [0.5, 0.6) is 5.75 Å². The van der Waals surface area contributed by atoms with E-state index in [2.05, 4.69) is 10.6 Å². The lowest BCUT2D eigenvalue weighted by molar-refractivity contribution is -0.115. The topological polar surface area (TPSA) is 67.4 Å². The molecule has 160 valence electrons. The van der Waals surface area contributed by atoms with E-state index < -0.39 is 0 Å². The van der Waals surface area contributed by atoms with Crippen molar-refractivity contribution in [1.29, 1.82) is 0 Å². The minimum Gasteiger partial charge on any atom is -0.495 e. The molecule has 3 rings (SSSR count). The summed E-state index contributed by atoms with van der Waals surface area (Å²) in [7, 11) is 1.56. The normalized spacial score (nSPS) is 11.5. The fraction of sp³-hybridized carbons (Fsp3) is 0.130. The highest BCUT2D eigenvalue weighted by Crippen LogP contribution is 2.28. The van der Waals surface area contributed by atoms with Crippen LogP contribution < -0.4 is 15.4 Å². The quantitative estimate of drug-likeness (QED) is 0.390. The van der Waals surface area contributed by atoms with E-state index in [1.54, 1.807) is 43.5 Å². The van der Waals surface area contributed by atoms with Gasteiger partial charge in [-0.3, -0.25) is 9.59 Å². The molecule has 0 aliphatic heterocycles. The molecule has 1 unspecified atom stereocenters. The molecule has 0 heterocycles. The lowest BCUT2D eigenvalue weighted by Crippen LogP contribution is -2.22. The number of carbonyl (C=O) groups is 2. The molecule has 31 heavy (non-hydrogen) atoms. The van der Waals surface area contributed by atoms with E-state index in [-0.39, 0.29) is 22.1 Å². The van der Waals surface area contributed by atoms with Gasteiger partial charge in [0.2, 0.25) is 5.91 Å². The molecule has 2 N–H and O–H groups in total. The molecule has 0 saturated carbocycles. The van der Waals surface area contributed by atoms with E-state index in [0.717, 1.165) is 4.90 Å². The highest BCUT2D eigenvalue weighted by molar-refractivity contribution is 8.00. The zero-order valence-corrected chi connectivity index (χ0v) is 19.1. The predicted octanol–water partition coefficient (Wildman–Crippen LogP) is 6.37. The van der Waals surface area contributed by atoms with Gasteiger partial charge < -0.3 is 15.4 Å². The number of rotatable bonds is 7. The third kappa shape index (κ3) is 6.17. The molecule has 8 heteroatoms. The molecule has 0 fully saturated rings. The van der Waals surface area contributed by atoms with Crippen molar-refractivity contribution in [3.8, 4) is 5.75 Å². The SMILES string of the molecule is COc1ccccc1NC(=O)C(C)Sc1ccc(NC(=O)c2ccc(Cl)cc2Cl)cc1. The molecule has 0 aliphatic carbocycles. The Morgan fingerprint density at radius 3 is 2.35 bits per heavy atom. The van der Waals surface area contributed by atoms with E-state index in [1.165, 1.54) is 17.8 Å². The maximum absolute atomic E-state index is 12.5. The van der Waals surface area contributed by atoms with Gasteiger partial charge in [0.05, 0.1) is 28.6 Å². The van der Waals surface area contributed by atoms with Crippen molar-refractivity contribution in [2.24, 2.45) is 0 Å². The van der Waals surface area contributed by atoms with Gasteiger partial charge in [-0.25, -0.2) is 0 Å². The van der Waals surface area contributed by atoms with Gasteiger partial charge in [-0.15, -0.1) is 11.8 Å². The first-order valence-electron chi connectivity index (χ1n) is 9.34. The van der Waals surface area contributed by atoms with Gasteiger partial charge in [-0.2, -0.15) is 0 Å². The van der Waals surface area contributed by atoms with Crippen molar-refractivity contribution in [3.63, 3.8) is 0 Å². The van der Waals surface area contributed by atoms with Crippen molar-refractivity contribution in [2.45, 2.75) is 17.1 Å². The second-order valence-corrected chi connectivity index (χ2v) is 8.81. The third-order valence-electron chi connectivity index (χ3n) is 4.33. The van der Waals surface area contributed by atoms with Crippen LogP contribution in [0.15, 0.2) is 71.6 Å². The molecule has 0 radical (unpaired) electrons.